The van der Waals surface area contributed by atoms with Crippen LogP contribution in [0.3, 0.4) is 0 Å². The van der Waals surface area contributed by atoms with E-state index >= 15 is 0 Å². The molecule has 0 bridgehead atoms. The van der Waals surface area contributed by atoms with Crippen LogP contribution in [0.5, 0.6) is 17.2 Å². The Bertz CT molecular complexity index is 1940. The Morgan fingerprint density at radius 3 is 1.76 bits per heavy atom. The average Bonchev–Trinajstić information content (AvgIpc) is 3.87. The second-order valence-corrected chi connectivity index (χ2v) is 9.79. The topological polar surface area (TPSA) is 211 Å². The molecule has 270 valence electrons. The zero-order chi connectivity index (χ0) is 37.8. The third-order valence-corrected chi connectivity index (χ3v) is 6.48. The fourth-order valence-corrected chi connectivity index (χ4v) is 4.26. The van der Waals surface area contributed by atoms with Crippen LogP contribution in [0, 0.1) is 10.1 Å². The lowest BCUT2D eigenvalue weighted by Crippen LogP contribution is -2.18. The van der Waals surface area contributed by atoms with Crippen molar-refractivity contribution in [3.8, 4) is 17.2 Å². The maximum absolute atomic E-state index is 10.6. The van der Waals surface area contributed by atoms with E-state index in [1.807, 2.05) is 48.5 Å². The Hall–Kier alpha value is -5.76. The fourth-order valence-electron chi connectivity index (χ4n) is 4.26. The molecule has 6 N–H and O–H groups in total. The van der Waals surface area contributed by atoms with Gasteiger partial charge in [-0.2, -0.15) is 15.3 Å². The first-order chi connectivity index (χ1) is 24.1. The molecule has 14 heteroatoms. The van der Waals surface area contributed by atoms with Crippen molar-refractivity contribution in [2.75, 3.05) is 14.2 Å². The lowest BCUT2D eigenvalue weighted by Gasteiger charge is -2.02. The van der Waals surface area contributed by atoms with Crippen LogP contribution < -0.4 is 15.2 Å². The first-order valence-corrected chi connectivity index (χ1v) is 16.4. The lowest BCUT2D eigenvalue weighted by atomic mass is 10.1. The highest BCUT2D eigenvalue weighted by Crippen LogP contribution is 2.24. The van der Waals surface area contributed by atoms with Crippen LogP contribution in [0.2, 0.25) is 0 Å². The van der Waals surface area contributed by atoms with Gasteiger partial charge in [0.15, 0.2) is 6.29 Å². The van der Waals surface area contributed by atoms with Crippen molar-refractivity contribution in [2.45, 2.75) is 67.9 Å². The van der Waals surface area contributed by atoms with Crippen LogP contribution in [0.15, 0.2) is 60.3 Å². The maximum Gasteiger partial charge on any atom is 0.245 e. The van der Waals surface area contributed by atoms with Crippen molar-refractivity contribution < 1.29 is 24.3 Å². The van der Waals surface area contributed by atoms with Crippen molar-refractivity contribution in [3.05, 3.63) is 87.5 Å². The van der Waals surface area contributed by atoms with E-state index in [1.54, 1.807) is 68.8 Å². The molecule has 0 saturated heterocycles. The van der Waals surface area contributed by atoms with Gasteiger partial charge in [-0.05, 0) is 61.5 Å². The number of fused-ring (bicyclic) bond motifs is 3. The molecule has 6 aromatic rings. The number of rotatable bonds is 7. The Labute approximate surface area is 292 Å². The molecule has 0 fully saturated rings. The number of methoxy groups -OCH3 is 2. The van der Waals surface area contributed by atoms with E-state index in [1.165, 1.54) is 13.0 Å². The zero-order valence-electron chi connectivity index (χ0n) is 30.5. The Kier molecular flexibility index (Phi) is 18.6. The molecule has 0 aliphatic rings. The summed E-state index contributed by atoms with van der Waals surface area (Å²) in [7, 11) is 3.15. The number of ether oxygens (including phenoxy) is 2. The number of hydrogen-bond donors (Lipinski definition) is 5. The fraction of sp³-hybridized carbons (Fsp3) is 0.333. The van der Waals surface area contributed by atoms with E-state index in [0.717, 1.165) is 56.9 Å². The lowest BCUT2D eigenvalue weighted by molar-refractivity contribution is -0.422. The number of allylic oxidation sites excluding steroid dienone is 1. The van der Waals surface area contributed by atoms with Gasteiger partial charge in [0.1, 0.15) is 22.9 Å². The zero-order valence-corrected chi connectivity index (χ0v) is 30.5. The highest BCUT2D eigenvalue weighted by atomic mass is 16.6. The highest BCUT2D eigenvalue weighted by Gasteiger charge is 2.10. The Morgan fingerprint density at radius 2 is 1.28 bits per heavy atom. The van der Waals surface area contributed by atoms with Crippen molar-refractivity contribution in [3.63, 3.8) is 0 Å². The van der Waals surface area contributed by atoms with Gasteiger partial charge in [-0.25, -0.2) is 0 Å². The third-order valence-electron chi connectivity index (χ3n) is 6.48. The molecule has 0 spiro atoms. The molecule has 6 rings (SSSR count). The van der Waals surface area contributed by atoms with Gasteiger partial charge in [0, 0.05) is 47.3 Å². The van der Waals surface area contributed by atoms with E-state index in [4.69, 9.17) is 15.2 Å². The van der Waals surface area contributed by atoms with Gasteiger partial charge < -0.3 is 20.3 Å². The number of phenols is 1. The van der Waals surface area contributed by atoms with Gasteiger partial charge in [-0.3, -0.25) is 30.2 Å². The number of nitrogens with two attached hydrogens (primary N) is 1. The van der Waals surface area contributed by atoms with E-state index < -0.39 is 4.92 Å². The monoisotopic (exact) mass is 690 g/mol. The number of H-pyrrole nitrogens is 3. The van der Waals surface area contributed by atoms with Crippen LogP contribution in [0.1, 0.15) is 77.3 Å². The predicted octanol–water partition coefficient (Wildman–Crippen LogP) is 7.83. The summed E-state index contributed by atoms with van der Waals surface area (Å²) in [5, 5.41) is 42.9. The molecule has 50 heavy (non-hydrogen) atoms. The molecular formula is C36H50N8O6. The molecule has 14 nitrogen and oxygen atoms in total. The molecule has 3 aromatic heterocycles. The molecule has 0 amide bonds. The van der Waals surface area contributed by atoms with Crippen LogP contribution >= 0.6 is 0 Å². The minimum absolute atomic E-state index is 0.0540. The minimum Gasteiger partial charge on any atom is -0.508 e. The van der Waals surface area contributed by atoms with Gasteiger partial charge in [0.05, 0.1) is 41.4 Å². The second-order valence-electron chi connectivity index (χ2n) is 9.79. The molecule has 1 unspecified atom stereocenters. The van der Waals surface area contributed by atoms with Crippen LogP contribution in [-0.4, -0.2) is 67.2 Å². The maximum atomic E-state index is 10.6. The summed E-state index contributed by atoms with van der Waals surface area (Å²) in [4.78, 5) is 20.7. The summed E-state index contributed by atoms with van der Waals surface area (Å²) in [6, 6.07) is 16.0. The minimum atomic E-state index is -0.438. The number of nitro groups is 1. The highest BCUT2D eigenvalue weighted by molar-refractivity contribution is 5.95. The number of aldehydes is 1. The average molecular weight is 691 g/mol. The van der Waals surface area contributed by atoms with E-state index in [2.05, 4.69) is 30.6 Å². The molecule has 3 heterocycles. The first kappa shape index (κ1) is 42.3. The van der Waals surface area contributed by atoms with Crippen LogP contribution in [0.25, 0.3) is 38.8 Å². The number of carbonyl (C=O) groups excluding carboxylic acids is 1. The number of nitrogens with zero attached hydrogens (tertiary/aromatic N) is 4. The summed E-state index contributed by atoms with van der Waals surface area (Å²) in [6.07, 6.45) is 2.93. The molecule has 0 radical (unpaired) electrons. The van der Waals surface area contributed by atoms with E-state index in [0.29, 0.717) is 17.1 Å². The largest absolute Gasteiger partial charge is 0.508 e. The number of nitrogens with one attached hydrogen (secondary N) is 3. The second kappa shape index (κ2) is 22.0. The van der Waals surface area contributed by atoms with Gasteiger partial charge in [-0.1, -0.05) is 41.5 Å². The quantitative estimate of drug-likeness (QED) is 0.0622. The molecule has 3 aromatic carbocycles. The predicted molar refractivity (Wildman–Crippen MR) is 200 cm³/mol. The number of benzene rings is 3. The van der Waals surface area contributed by atoms with E-state index in [-0.39, 0.29) is 17.5 Å². The van der Waals surface area contributed by atoms with Crippen molar-refractivity contribution in [1.82, 2.24) is 30.6 Å². The summed E-state index contributed by atoms with van der Waals surface area (Å²) >= 11 is 0. The SMILES string of the molecule is CC.CC.CC.CC(N)Cc1[nH]nc2ccc(O)cc12.COc1ccc2n[nH]c(/C=C(/C)[N+](=O)[O-])c2c1.COc1ccc2n[nH]c(C=O)c2c1. The molecule has 0 aliphatic heterocycles. The van der Waals surface area contributed by atoms with Gasteiger partial charge in [0.2, 0.25) is 5.70 Å². The molecular weight excluding hydrogens is 640 g/mol. The van der Waals surface area contributed by atoms with Crippen LogP contribution in [-0.2, 0) is 6.42 Å². The van der Waals surface area contributed by atoms with Gasteiger partial charge in [-0.15, -0.1) is 0 Å². The number of carbonyl (C=O) groups is 1. The number of aromatic nitrogens is 6. The van der Waals surface area contributed by atoms with E-state index in [9.17, 15) is 20.0 Å². The number of phenolic OH excluding ortho intramolecular Hbond substituents is 1. The molecule has 0 saturated carbocycles. The van der Waals surface area contributed by atoms with Gasteiger partial charge in [0.25, 0.3) is 0 Å². The standard InChI is InChI=1S/C11H11N3O3.C10H13N3O.C9H8N2O2.3C2H6/c1-7(14(15)16)5-11-9-6-8(17-2)3-4-10(9)12-13-11;1-6(11)4-10-8-5-7(14)2-3-9(8)12-13-10;1-13-6-2-3-8-7(4-6)9(5-12)11-10-8;3*1-2/h3-6H,1-2H3,(H,12,13);2-3,5-6,14H,4,11H2,1H3,(H,12,13);2-5H,1H3,(H,10,11);3*1-2H3/b7-5-;;;;;. The Balaban J connectivity index is 0.000000351. The first-order valence-electron chi connectivity index (χ1n) is 16.4. The number of aromatic amines is 3. The Morgan fingerprint density at radius 1 is 0.820 bits per heavy atom. The number of hydrogen-bond acceptors (Lipinski definition) is 10. The van der Waals surface area contributed by atoms with Crippen molar-refractivity contribution in [1.29, 1.82) is 0 Å². The summed E-state index contributed by atoms with van der Waals surface area (Å²) < 4.78 is 10.1. The van der Waals surface area contributed by atoms with Crippen molar-refractivity contribution >= 4 is 45.1 Å². The molecule has 0 aliphatic carbocycles. The summed E-state index contributed by atoms with van der Waals surface area (Å²) in [6.45, 7) is 15.4. The number of aromatic hydroxyl groups is 1. The third kappa shape index (κ3) is 11.7. The normalized spacial score (nSPS) is 10.7. The van der Waals surface area contributed by atoms with Crippen LogP contribution in [0.4, 0.5) is 0 Å². The smallest absolute Gasteiger partial charge is 0.245 e. The van der Waals surface area contributed by atoms with Gasteiger partial charge >= 0.3 is 0 Å². The molecule has 1 atom stereocenters. The summed E-state index contributed by atoms with van der Waals surface area (Å²) in [5.41, 5.74) is 10.2. The summed E-state index contributed by atoms with van der Waals surface area (Å²) in [5.74, 6) is 1.66. The van der Waals surface area contributed by atoms with Crippen molar-refractivity contribution in [2.24, 2.45) is 5.73 Å².